The smallest absolute Gasteiger partial charge is 0.333 e. The molecule has 3 aliphatic carbocycles. The summed E-state index contributed by atoms with van der Waals surface area (Å²) in [4.78, 5) is 5.45. The number of anilines is 5. The predicted octanol–water partition coefficient (Wildman–Crippen LogP) is 13.7. The number of para-hydroxylation sites is 1. The summed E-state index contributed by atoms with van der Waals surface area (Å²) < 4.78 is 0. The second-order valence-corrected chi connectivity index (χ2v) is 23.1. The van der Waals surface area contributed by atoms with Crippen LogP contribution in [0.2, 0.25) is 0 Å². The minimum absolute atomic E-state index is 0.0173. The topological polar surface area (TPSA) is 6.48 Å². The standard InChI is InChI=1S/C55H65BN2/c1-34-27-38-37-30-41-43(54(10,11)25-23-52(41,6)7)32-46(37)58(35-17-15-14-16-18-35)56-45-31-42-44(55(12,13)26-24-53(42,8)9)33-47(45)57(48(28-34)49(38)56)36-19-20-39-40(29-36)51(4,5)22-21-50(39,2)3/h14-20,27-33H,21-26H2,1-13H3. The van der Waals surface area contributed by atoms with E-state index in [1.807, 2.05) is 0 Å². The molecule has 0 aromatic heterocycles. The number of hydrogen-bond donors (Lipinski definition) is 0. The summed E-state index contributed by atoms with van der Waals surface area (Å²) in [5, 5.41) is 0. The van der Waals surface area contributed by atoms with E-state index in [9.17, 15) is 0 Å². The summed E-state index contributed by atoms with van der Waals surface area (Å²) in [7, 11) is 0. The van der Waals surface area contributed by atoms with Crippen molar-refractivity contribution in [3.05, 3.63) is 124 Å². The van der Waals surface area contributed by atoms with Crippen LogP contribution < -0.4 is 20.6 Å². The lowest BCUT2D eigenvalue weighted by molar-refractivity contribution is 0.332. The second kappa shape index (κ2) is 12.0. The Morgan fingerprint density at radius 3 is 1.47 bits per heavy atom. The van der Waals surface area contributed by atoms with Crippen molar-refractivity contribution in [2.75, 3.05) is 9.71 Å². The van der Waals surface area contributed by atoms with Crippen LogP contribution in [0.15, 0.2) is 84.9 Å². The largest absolute Gasteiger partial charge is 0.376 e. The first-order valence-electron chi connectivity index (χ1n) is 22.4. The van der Waals surface area contributed by atoms with Crippen LogP contribution in [-0.2, 0) is 32.5 Å². The zero-order valence-electron chi connectivity index (χ0n) is 37.8. The Balaban J connectivity index is 1.35. The lowest BCUT2D eigenvalue weighted by Gasteiger charge is -2.50. The van der Waals surface area contributed by atoms with Gasteiger partial charge in [0.2, 0.25) is 0 Å². The Morgan fingerprint density at radius 2 is 0.897 bits per heavy atom. The molecule has 5 aromatic carbocycles. The highest BCUT2D eigenvalue weighted by molar-refractivity contribution is 6.93. The van der Waals surface area contributed by atoms with Crippen LogP contribution in [0.5, 0.6) is 0 Å². The Morgan fingerprint density at radius 1 is 0.414 bits per heavy atom. The monoisotopic (exact) mass is 765 g/mol. The zero-order chi connectivity index (χ0) is 41.1. The van der Waals surface area contributed by atoms with Crippen LogP contribution in [0.25, 0.3) is 11.1 Å². The third-order valence-corrected chi connectivity index (χ3v) is 16.3. The van der Waals surface area contributed by atoms with E-state index in [-0.39, 0.29) is 39.3 Å². The first kappa shape index (κ1) is 38.0. The van der Waals surface area contributed by atoms with Gasteiger partial charge in [0.15, 0.2) is 0 Å². The highest BCUT2D eigenvalue weighted by Gasteiger charge is 2.49. The van der Waals surface area contributed by atoms with Crippen LogP contribution in [0, 0.1) is 6.92 Å². The van der Waals surface area contributed by atoms with Gasteiger partial charge in [-0.1, -0.05) is 119 Å². The summed E-state index contributed by atoms with van der Waals surface area (Å²) in [5.41, 5.74) is 23.3. The molecule has 5 aromatic rings. The third-order valence-electron chi connectivity index (χ3n) is 16.3. The van der Waals surface area contributed by atoms with Gasteiger partial charge in [-0.15, -0.1) is 0 Å². The summed E-state index contributed by atoms with van der Waals surface area (Å²) in [5.74, 6) is 0. The predicted molar refractivity (Wildman–Crippen MR) is 251 cm³/mol. The van der Waals surface area contributed by atoms with Gasteiger partial charge in [-0.25, -0.2) is 0 Å². The zero-order valence-corrected chi connectivity index (χ0v) is 37.8. The van der Waals surface area contributed by atoms with Gasteiger partial charge in [0, 0.05) is 34.0 Å². The van der Waals surface area contributed by atoms with Crippen LogP contribution in [0.3, 0.4) is 0 Å². The maximum atomic E-state index is 2.75. The van der Waals surface area contributed by atoms with Gasteiger partial charge in [0.25, 0.3) is 0 Å². The normalized spacial score (nSPS) is 21.8. The molecule has 0 bridgehead atoms. The van der Waals surface area contributed by atoms with Crippen molar-refractivity contribution < 1.29 is 0 Å². The molecule has 0 N–H and O–H groups in total. The molecule has 5 aliphatic rings. The van der Waals surface area contributed by atoms with E-state index in [0.29, 0.717) is 0 Å². The Labute approximate surface area is 350 Å². The molecule has 3 heteroatoms. The summed E-state index contributed by atoms with van der Waals surface area (Å²) in [6.45, 7) is 32.0. The van der Waals surface area contributed by atoms with Crippen LogP contribution in [0.1, 0.15) is 161 Å². The molecule has 2 nitrogen and oxygen atoms in total. The lowest BCUT2D eigenvalue weighted by atomic mass is 9.42. The van der Waals surface area contributed by atoms with Gasteiger partial charge in [-0.05, 0) is 182 Å². The molecule has 2 aliphatic heterocycles. The first-order valence-corrected chi connectivity index (χ1v) is 22.4. The summed E-state index contributed by atoms with van der Waals surface area (Å²) in [6.07, 6.45) is 7.20. The fourth-order valence-corrected chi connectivity index (χ4v) is 12.1. The van der Waals surface area contributed by atoms with Crippen molar-refractivity contribution in [3.63, 3.8) is 0 Å². The van der Waals surface area contributed by atoms with Crippen molar-refractivity contribution in [3.8, 4) is 11.1 Å². The maximum absolute atomic E-state index is 2.75. The Hall–Kier alpha value is -4.24. The lowest BCUT2D eigenvalue weighted by Crippen LogP contribution is -2.62. The van der Waals surface area contributed by atoms with E-state index < -0.39 is 0 Å². The van der Waals surface area contributed by atoms with Crippen molar-refractivity contribution >= 4 is 46.2 Å². The second-order valence-electron chi connectivity index (χ2n) is 23.1. The fraction of sp³-hybridized carbons (Fsp3) is 0.455. The van der Waals surface area contributed by atoms with Crippen molar-refractivity contribution in [1.29, 1.82) is 0 Å². The average Bonchev–Trinajstić information content (AvgIpc) is 3.16. The van der Waals surface area contributed by atoms with Gasteiger partial charge in [0.05, 0.1) is 0 Å². The number of aryl methyl sites for hydroxylation is 1. The maximum Gasteiger partial charge on any atom is 0.333 e. The van der Waals surface area contributed by atoms with Gasteiger partial charge in [0.1, 0.15) is 0 Å². The van der Waals surface area contributed by atoms with E-state index in [1.54, 1.807) is 0 Å². The minimum Gasteiger partial charge on any atom is -0.376 e. The summed E-state index contributed by atoms with van der Waals surface area (Å²) >= 11 is 0. The van der Waals surface area contributed by atoms with E-state index >= 15 is 0 Å². The SMILES string of the molecule is Cc1cc2c3c(c1)N(c1ccc4c(c1)C(C)(C)CCC4(C)C)c1cc4c(cc1B3N(c1ccccc1)c1cc3c(cc1-2)C(C)(C)CCC3(C)C)C(C)(C)CCC4(C)C. The average molecular weight is 765 g/mol. The molecule has 0 saturated carbocycles. The molecule has 0 saturated heterocycles. The molecule has 298 valence electrons. The molecule has 0 unspecified atom stereocenters. The van der Waals surface area contributed by atoms with Crippen molar-refractivity contribution in [1.82, 2.24) is 0 Å². The molecule has 0 atom stereocenters. The quantitative estimate of drug-likeness (QED) is 0.165. The van der Waals surface area contributed by atoms with Gasteiger partial charge in [-0.2, -0.15) is 0 Å². The number of hydrogen-bond acceptors (Lipinski definition) is 2. The van der Waals surface area contributed by atoms with Gasteiger partial charge < -0.3 is 9.71 Å². The number of benzene rings is 5. The molecule has 0 radical (unpaired) electrons. The van der Waals surface area contributed by atoms with Gasteiger partial charge in [-0.3, -0.25) is 0 Å². The molecular weight excluding hydrogens is 699 g/mol. The molecule has 58 heavy (non-hydrogen) atoms. The molecule has 0 fully saturated rings. The molecule has 0 amide bonds. The fourth-order valence-electron chi connectivity index (χ4n) is 12.1. The minimum atomic E-state index is 0.0173. The van der Waals surface area contributed by atoms with E-state index in [4.69, 9.17) is 0 Å². The number of nitrogens with zero attached hydrogens (tertiary/aromatic N) is 2. The van der Waals surface area contributed by atoms with Crippen LogP contribution >= 0.6 is 0 Å². The van der Waals surface area contributed by atoms with E-state index in [1.165, 1.54) is 128 Å². The Bertz CT molecular complexity index is 2550. The molecule has 0 spiro atoms. The van der Waals surface area contributed by atoms with Crippen molar-refractivity contribution in [2.24, 2.45) is 0 Å². The summed E-state index contributed by atoms with van der Waals surface area (Å²) in [6, 6.07) is 34.5. The Kier molecular flexibility index (Phi) is 7.83. The highest BCUT2D eigenvalue weighted by atomic mass is 15.2. The third kappa shape index (κ3) is 5.36. The van der Waals surface area contributed by atoms with Crippen LogP contribution in [-0.4, -0.2) is 6.85 Å². The molecular formula is C55H65BN2. The number of fused-ring (bicyclic) bond motifs is 7. The molecule has 2 heterocycles. The highest BCUT2D eigenvalue weighted by Crippen LogP contribution is 2.55. The van der Waals surface area contributed by atoms with Crippen LogP contribution in [0.4, 0.5) is 28.4 Å². The van der Waals surface area contributed by atoms with Crippen molar-refractivity contribution in [2.45, 2.75) is 161 Å². The van der Waals surface area contributed by atoms with E-state index in [0.717, 1.165) is 0 Å². The van der Waals surface area contributed by atoms with E-state index in [2.05, 4.69) is 185 Å². The number of rotatable bonds is 2. The van der Waals surface area contributed by atoms with Gasteiger partial charge >= 0.3 is 6.85 Å². The first-order chi connectivity index (χ1) is 27.1. The molecule has 10 rings (SSSR count).